The van der Waals surface area contributed by atoms with Crippen LogP contribution in [-0.2, 0) is 19.2 Å². The molecular weight excluding hydrogens is 1800 g/mol. The summed E-state index contributed by atoms with van der Waals surface area (Å²) in [6.07, 6.45) is 9.76. The Morgan fingerprint density at radius 3 is 0.796 bits per heavy atom. The maximum Gasteiger partial charge on any atom is 0.247 e. The van der Waals surface area contributed by atoms with Crippen molar-refractivity contribution in [1.82, 2.24) is 102 Å². The van der Waals surface area contributed by atoms with Gasteiger partial charge in [0.1, 0.15) is 18.2 Å². The summed E-state index contributed by atoms with van der Waals surface area (Å²) in [4.78, 5) is 90.4. The summed E-state index contributed by atoms with van der Waals surface area (Å²) in [6.45, 7) is 102. The van der Waals surface area contributed by atoms with E-state index in [1.165, 1.54) is 23.5 Å². The van der Waals surface area contributed by atoms with Crippen LogP contribution in [0.2, 0.25) is 0 Å². The Bertz CT molecular complexity index is 3920. The molecule has 7 aromatic heterocycles. The van der Waals surface area contributed by atoms with Crippen molar-refractivity contribution in [3.05, 3.63) is 134 Å². The molecule has 1 unspecified atom stereocenters. The number of nitrogens with one attached hydrogen (secondary N) is 9. The van der Waals surface area contributed by atoms with Crippen molar-refractivity contribution in [3.8, 4) is 0 Å². The van der Waals surface area contributed by atoms with Crippen molar-refractivity contribution in [2.45, 2.75) is 424 Å². The standard InChI is InChI=1S/2C9H16N2.C8H18O.C8H16O.2C7H16N2.2C7H15NO.C5H9N3.2C5H5NO.3C4H8N4.2C4H9NO.2C4H10/c2*1-6(2)8-5-10-9(11-8)7(3)4;2*1-6(2)5-8(9)7(3)4;2*1-5(2)7(8)9-6(3)4;2*1-5(2)7(9)8-6(3)4;1-4(2)5-3-6-8-7-5;2*7-5-3-1-2-4-6-5;3*1-3(2)4-5-7-8-6-4;2*1-3(2)4(5)6;2*1-4(2)3/h2*5-7H,1-4H3,(H,10,11);6-9H,5H2,1-4H3;5-7,9H,1-4H3;2*5-6H,1-4H3,(H2,8,9);2*5-6H,1-4H3,(H,8,9);4H,3H2,1-2H3;2*1-4H,(H,6,7);3*3H,1-2H3,(H,5,6,7,8);2*3H,1-2H3,(H2,5,6);2*4H,1-3H3/b;;;8-5-;;;;;;;;;;;;;;. The van der Waals surface area contributed by atoms with Crippen molar-refractivity contribution in [1.29, 1.82) is 0 Å². The number of allylic oxidation sites excluding steroid dienone is 2. The van der Waals surface area contributed by atoms with Gasteiger partial charge in [-0.15, -0.1) is 35.7 Å². The van der Waals surface area contributed by atoms with Crippen LogP contribution in [-0.4, -0.2) is 180 Å². The third-order valence-corrected chi connectivity index (χ3v) is 16.3. The van der Waals surface area contributed by atoms with Gasteiger partial charge in [-0.2, -0.15) is 20.8 Å². The molecule has 0 aromatic carbocycles. The van der Waals surface area contributed by atoms with Crippen LogP contribution in [0.25, 0.3) is 0 Å². The first-order valence-electron chi connectivity index (χ1n) is 50.6. The molecule has 142 heavy (non-hydrogen) atoms. The lowest BCUT2D eigenvalue weighted by molar-refractivity contribution is -0.125. The van der Waals surface area contributed by atoms with Gasteiger partial charge in [0.25, 0.3) is 0 Å². The predicted octanol–water partition coefficient (Wildman–Crippen LogP) is 22.0. The van der Waals surface area contributed by atoms with E-state index in [2.05, 4.69) is 266 Å². The van der Waals surface area contributed by atoms with Crippen molar-refractivity contribution in [2.24, 2.45) is 125 Å². The summed E-state index contributed by atoms with van der Waals surface area (Å²) in [5, 5.41) is 75.1. The van der Waals surface area contributed by atoms with E-state index in [0.717, 1.165) is 64.8 Å². The summed E-state index contributed by atoms with van der Waals surface area (Å²) in [7, 11) is 0. The molecule has 0 saturated carbocycles. The molecule has 7 aromatic rings. The Labute approximate surface area is 858 Å². The molecule has 0 aliphatic carbocycles. The van der Waals surface area contributed by atoms with Crippen LogP contribution in [0.1, 0.15) is 435 Å². The van der Waals surface area contributed by atoms with Crippen molar-refractivity contribution in [3.63, 3.8) is 0 Å². The first kappa shape index (κ1) is 151. The van der Waals surface area contributed by atoms with Gasteiger partial charge in [-0.3, -0.25) is 38.8 Å². The Balaban J connectivity index is -0.000000163. The predicted molar refractivity (Wildman–Crippen MR) is 594 cm³/mol. The molecule has 8 rings (SSSR count). The Morgan fingerprint density at radius 1 is 0.408 bits per heavy atom. The number of hydrogen-bond donors (Lipinski definition) is 15. The van der Waals surface area contributed by atoms with Crippen LogP contribution in [0.3, 0.4) is 0 Å². The van der Waals surface area contributed by atoms with Crippen LogP contribution in [0.15, 0.2) is 108 Å². The molecule has 0 radical (unpaired) electrons. The number of nitrogens with zero attached hydrogens (tertiary/aromatic N) is 16. The number of hydrogen-bond acceptors (Lipinski definition) is 24. The van der Waals surface area contributed by atoms with Gasteiger partial charge in [0, 0.05) is 143 Å². The monoisotopic (exact) mass is 2000 g/mol. The molecular formula is C105H209N29O8. The van der Waals surface area contributed by atoms with Gasteiger partial charge in [0.05, 0.1) is 29.2 Å². The van der Waals surface area contributed by atoms with Gasteiger partial charge in [-0.05, 0) is 133 Å². The zero-order chi connectivity index (χ0) is 113. The number of aliphatic hydroxyl groups is 2. The van der Waals surface area contributed by atoms with Crippen molar-refractivity contribution >= 4 is 41.0 Å². The number of amides is 4. The zero-order valence-corrected chi connectivity index (χ0v) is 98.0. The highest BCUT2D eigenvalue weighted by Crippen LogP contribution is 2.18. The average Bonchev–Trinajstić information content (AvgIpc) is 1.75. The molecule has 0 saturated heterocycles. The number of nitrogens with two attached hydrogens (primary N) is 4. The third kappa shape index (κ3) is 110. The number of tetrazole rings is 3. The molecule has 1 atom stereocenters. The fourth-order valence-electron chi connectivity index (χ4n) is 7.48. The van der Waals surface area contributed by atoms with Gasteiger partial charge in [-0.1, -0.05) is 319 Å². The highest BCUT2D eigenvalue weighted by molar-refractivity contribution is 5.88. The molecule has 0 spiro atoms. The average molecular weight is 2010 g/mol. The van der Waals surface area contributed by atoms with Gasteiger partial charge in [0.2, 0.25) is 34.7 Å². The minimum absolute atomic E-state index is 0.00926. The van der Waals surface area contributed by atoms with E-state index in [1.54, 1.807) is 64.4 Å². The lowest BCUT2D eigenvalue weighted by Crippen LogP contribution is -2.33. The van der Waals surface area contributed by atoms with E-state index in [0.29, 0.717) is 101 Å². The van der Waals surface area contributed by atoms with E-state index in [4.69, 9.17) is 28.0 Å². The molecule has 0 fully saturated rings. The molecule has 8 heterocycles. The largest absolute Gasteiger partial charge is 0.512 e. The van der Waals surface area contributed by atoms with E-state index in [-0.39, 0.29) is 82.5 Å². The number of pyridine rings is 2. The van der Waals surface area contributed by atoms with E-state index >= 15 is 0 Å². The number of carbonyl (C=O) groups excluding carboxylic acids is 4. The summed E-state index contributed by atoms with van der Waals surface area (Å²) in [5.41, 5.74) is 24.2. The summed E-state index contributed by atoms with van der Waals surface area (Å²) in [5.74, 6) is 14.4. The molecule has 822 valence electrons. The summed E-state index contributed by atoms with van der Waals surface area (Å²) >= 11 is 0. The van der Waals surface area contributed by atoms with Crippen LogP contribution < -0.4 is 44.7 Å². The van der Waals surface area contributed by atoms with Crippen LogP contribution in [0, 0.1) is 76.9 Å². The van der Waals surface area contributed by atoms with Crippen LogP contribution >= 0.6 is 0 Å². The first-order valence-corrected chi connectivity index (χ1v) is 50.6. The van der Waals surface area contributed by atoms with Crippen molar-refractivity contribution in [2.75, 3.05) is 6.54 Å². The smallest absolute Gasteiger partial charge is 0.247 e. The maximum absolute atomic E-state index is 10.8. The molecule has 1 aliphatic heterocycles. The normalized spacial score (nSPS) is 11.5. The topological polar surface area (TPSA) is 585 Å². The quantitative estimate of drug-likeness (QED) is 0.0161. The molecule has 0 bridgehead atoms. The van der Waals surface area contributed by atoms with Crippen LogP contribution in [0.4, 0.5) is 0 Å². The van der Waals surface area contributed by atoms with Crippen LogP contribution in [0.5, 0.6) is 0 Å². The number of rotatable bonds is 23. The van der Waals surface area contributed by atoms with Gasteiger partial charge in [0.15, 0.2) is 17.5 Å². The number of H-pyrrole nitrogens is 7. The fourth-order valence-corrected chi connectivity index (χ4v) is 7.48. The molecule has 19 N–H and O–H groups in total. The third-order valence-electron chi connectivity index (χ3n) is 16.3. The molecule has 1 aliphatic rings. The zero-order valence-electron chi connectivity index (χ0n) is 98.0. The number of aliphatic hydroxyl groups excluding tert-OH is 2. The Kier molecular flexibility index (Phi) is 98.6. The second kappa shape index (κ2) is 92.5. The van der Waals surface area contributed by atoms with E-state index < -0.39 is 0 Å². The second-order valence-electron chi connectivity index (χ2n) is 41.7. The number of imidazole rings is 2. The minimum Gasteiger partial charge on any atom is -0.512 e. The number of aromatic nitrogens is 18. The SMILES string of the molecule is CC(C)/C=C(\O)C(C)C.CC(C)C.CC(C)C.CC(C)C(N)=O.CC(C)C(N)=O.CC(C)C1=NN=NC1.CC(C)CC(O)C(C)C.CC(C)N=C(N)C(C)C.CC(C)N=C(N)C(C)C.CC(C)NC(=O)C(C)C.CC(C)NC(=O)C(C)C.CC(C)c1cnc(C(C)C)[nH]1.CC(C)c1cnc(C(C)C)[nH]1.CC(C)c1nn[nH]n1.CC(C)c1nn[nH]n1.CC(C)c1nn[nH]n1.O=c1cccc[nH]1.O=c1cccc[nH]1. The number of carbonyl (C=O) groups is 4. The molecule has 37 heteroatoms. The Hall–Kier alpha value is -10.9. The lowest BCUT2D eigenvalue weighted by atomic mass is 9.98. The highest BCUT2D eigenvalue weighted by atomic mass is 16.3. The summed E-state index contributed by atoms with van der Waals surface area (Å²) < 4.78 is 0. The van der Waals surface area contributed by atoms with E-state index in [1.807, 2.05) is 198 Å². The fraction of sp³-hybridized carbons (Fsp3) is 0.733. The number of aliphatic imine (C=N–C) groups is 2. The number of aromatic amines is 7. The Morgan fingerprint density at radius 2 is 0.704 bits per heavy atom. The summed E-state index contributed by atoms with van der Waals surface area (Å²) in [6, 6.07) is 11.0. The molecule has 37 nitrogen and oxygen atoms in total. The number of amidine groups is 2. The lowest BCUT2D eigenvalue weighted by Gasteiger charge is -2.15. The molecule has 4 amide bonds. The van der Waals surface area contributed by atoms with E-state index in [9.17, 15) is 33.9 Å². The second-order valence-corrected chi connectivity index (χ2v) is 41.7. The minimum atomic E-state index is -0.241. The first-order chi connectivity index (χ1) is 65.2. The highest BCUT2D eigenvalue weighted by Gasteiger charge is 2.14. The van der Waals surface area contributed by atoms with Crippen molar-refractivity contribution < 1.29 is 29.4 Å². The van der Waals surface area contributed by atoms with Gasteiger partial charge in [-0.25, -0.2) is 9.97 Å². The maximum atomic E-state index is 10.8. The van der Waals surface area contributed by atoms with Gasteiger partial charge < -0.3 is 63.7 Å². The number of primary amides is 2. The van der Waals surface area contributed by atoms with Gasteiger partial charge >= 0.3 is 0 Å².